The maximum atomic E-state index is 13.1. The number of hydrogen-bond donors (Lipinski definition) is 1. The Morgan fingerprint density at radius 3 is 2.04 bits per heavy atom. The minimum Gasteiger partial charge on any atom is -0.325 e. The number of hydrogen-bond acceptors (Lipinski definition) is 2. The van der Waals surface area contributed by atoms with Crippen LogP contribution in [0.3, 0.4) is 0 Å². The molecule has 0 radical (unpaired) electrons. The Bertz CT molecular complexity index is 738. The third-order valence-corrected chi connectivity index (χ3v) is 5.05. The summed E-state index contributed by atoms with van der Waals surface area (Å²) in [7, 11) is 0. The number of nitrogens with one attached hydrogen (secondary N) is 1. The fourth-order valence-corrected chi connectivity index (χ4v) is 3.54. The second-order valence-electron chi connectivity index (χ2n) is 6.74. The summed E-state index contributed by atoms with van der Waals surface area (Å²) >= 11 is 0. The van der Waals surface area contributed by atoms with Crippen molar-refractivity contribution in [2.24, 2.45) is 0 Å². The van der Waals surface area contributed by atoms with Crippen molar-refractivity contribution in [1.82, 2.24) is 0 Å². The van der Waals surface area contributed by atoms with E-state index in [2.05, 4.69) is 36.5 Å². The summed E-state index contributed by atoms with van der Waals surface area (Å²) in [4.78, 5) is 24.4. The lowest BCUT2D eigenvalue weighted by Gasteiger charge is -2.28. The minimum atomic E-state index is -0.438. The first-order valence-electron chi connectivity index (χ1n) is 8.51. The topological polar surface area (TPSA) is 46.2 Å². The van der Waals surface area contributed by atoms with Gasteiger partial charge in [0.25, 0.3) is 0 Å². The highest BCUT2D eigenvalue weighted by molar-refractivity contribution is 6.00. The molecule has 1 aliphatic carbocycles. The molecule has 1 aliphatic rings. The first-order chi connectivity index (χ1) is 11.5. The summed E-state index contributed by atoms with van der Waals surface area (Å²) in [5, 5.41) is 3.05. The molecule has 3 nitrogen and oxygen atoms in total. The summed E-state index contributed by atoms with van der Waals surface area (Å²) in [5.41, 5.74) is 3.26. The molecule has 0 unspecified atom stereocenters. The normalized spacial score (nSPS) is 15.9. The second-order valence-corrected chi connectivity index (χ2v) is 6.74. The van der Waals surface area contributed by atoms with Gasteiger partial charge in [-0.1, -0.05) is 42.7 Å². The van der Waals surface area contributed by atoms with E-state index < -0.39 is 5.41 Å². The van der Waals surface area contributed by atoms with E-state index >= 15 is 0 Å². The number of Topliss-reactive ketones (excluding diaryl/α,β-unsaturated/α-hetero) is 1. The summed E-state index contributed by atoms with van der Waals surface area (Å²) in [5.74, 6) is 0.0826. The van der Waals surface area contributed by atoms with Gasteiger partial charge >= 0.3 is 0 Å². The molecule has 0 aromatic heterocycles. The van der Waals surface area contributed by atoms with E-state index in [4.69, 9.17) is 0 Å². The lowest BCUT2D eigenvalue weighted by atomic mass is 9.77. The average molecular weight is 321 g/mol. The van der Waals surface area contributed by atoms with Crippen molar-refractivity contribution in [3.8, 4) is 0 Å². The molecule has 1 fully saturated rings. The van der Waals surface area contributed by atoms with Gasteiger partial charge in [0.1, 0.15) is 0 Å². The van der Waals surface area contributed by atoms with Gasteiger partial charge in [-0.25, -0.2) is 0 Å². The van der Waals surface area contributed by atoms with Crippen molar-refractivity contribution < 1.29 is 9.59 Å². The molecule has 1 saturated carbocycles. The standard InChI is InChI=1S/C21H23NO2/c1-15-5-9-18(10-6-15)21(13-3-4-14-21)20(24)22-19-11-7-17(8-12-19)16(2)23/h5-12H,3-4,13-14H2,1-2H3,(H,22,24). The van der Waals surface area contributed by atoms with Crippen LogP contribution in [-0.4, -0.2) is 11.7 Å². The van der Waals surface area contributed by atoms with Crippen LogP contribution >= 0.6 is 0 Å². The van der Waals surface area contributed by atoms with Crippen molar-refractivity contribution in [2.45, 2.75) is 44.9 Å². The quantitative estimate of drug-likeness (QED) is 0.833. The van der Waals surface area contributed by atoms with Crippen LogP contribution in [0.5, 0.6) is 0 Å². The largest absolute Gasteiger partial charge is 0.325 e. The fourth-order valence-electron chi connectivity index (χ4n) is 3.54. The Morgan fingerprint density at radius 1 is 0.917 bits per heavy atom. The molecule has 1 N–H and O–H groups in total. The molecular formula is C21H23NO2. The van der Waals surface area contributed by atoms with E-state index in [0.717, 1.165) is 36.9 Å². The molecule has 0 spiro atoms. The van der Waals surface area contributed by atoms with E-state index in [1.165, 1.54) is 5.56 Å². The third-order valence-electron chi connectivity index (χ3n) is 5.05. The Kier molecular flexibility index (Phi) is 4.52. The van der Waals surface area contributed by atoms with Gasteiger partial charge in [0.15, 0.2) is 5.78 Å². The van der Waals surface area contributed by atoms with Crippen LogP contribution in [-0.2, 0) is 10.2 Å². The number of anilines is 1. The van der Waals surface area contributed by atoms with Crippen LogP contribution < -0.4 is 5.32 Å². The van der Waals surface area contributed by atoms with Crippen molar-refractivity contribution in [3.05, 3.63) is 65.2 Å². The van der Waals surface area contributed by atoms with Crippen LogP contribution in [0.2, 0.25) is 0 Å². The molecular weight excluding hydrogens is 298 g/mol. The van der Waals surface area contributed by atoms with Gasteiger partial charge in [0, 0.05) is 11.3 Å². The molecule has 0 aliphatic heterocycles. The molecule has 0 atom stereocenters. The zero-order valence-corrected chi connectivity index (χ0v) is 14.3. The van der Waals surface area contributed by atoms with Gasteiger partial charge in [-0.15, -0.1) is 0 Å². The van der Waals surface area contributed by atoms with Gasteiger partial charge in [0.2, 0.25) is 5.91 Å². The van der Waals surface area contributed by atoms with Crippen LogP contribution in [0, 0.1) is 6.92 Å². The Labute approximate surface area is 143 Å². The Hall–Kier alpha value is -2.42. The second kappa shape index (κ2) is 6.60. The summed E-state index contributed by atoms with van der Waals surface area (Å²) in [6.45, 7) is 3.60. The molecule has 1 amide bonds. The number of carbonyl (C=O) groups excluding carboxylic acids is 2. The average Bonchev–Trinajstić information content (AvgIpc) is 3.07. The molecule has 0 heterocycles. The van der Waals surface area contributed by atoms with E-state index in [0.29, 0.717) is 5.56 Å². The zero-order valence-electron chi connectivity index (χ0n) is 14.3. The van der Waals surface area contributed by atoms with Crippen molar-refractivity contribution in [3.63, 3.8) is 0 Å². The SMILES string of the molecule is CC(=O)c1ccc(NC(=O)C2(c3ccc(C)cc3)CCCC2)cc1. The van der Waals surface area contributed by atoms with E-state index in [1.54, 1.807) is 31.2 Å². The first-order valence-corrected chi connectivity index (χ1v) is 8.51. The maximum Gasteiger partial charge on any atom is 0.235 e. The molecule has 2 aromatic rings. The molecule has 3 rings (SSSR count). The first kappa shape index (κ1) is 16.4. The molecule has 0 bridgehead atoms. The Morgan fingerprint density at radius 2 is 1.50 bits per heavy atom. The number of amides is 1. The van der Waals surface area contributed by atoms with Gasteiger partial charge in [0.05, 0.1) is 5.41 Å². The molecule has 2 aromatic carbocycles. The van der Waals surface area contributed by atoms with E-state index in [-0.39, 0.29) is 11.7 Å². The molecule has 3 heteroatoms. The van der Waals surface area contributed by atoms with Crippen molar-refractivity contribution >= 4 is 17.4 Å². The highest BCUT2D eigenvalue weighted by Gasteiger charge is 2.42. The fraction of sp³-hybridized carbons (Fsp3) is 0.333. The van der Waals surface area contributed by atoms with Gasteiger partial charge in [-0.05, 0) is 56.5 Å². The predicted molar refractivity (Wildman–Crippen MR) is 96.4 cm³/mol. The Balaban J connectivity index is 1.85. The van der Waals surface area contributed by atoms with Crippen LogP contribution in [0.4, 0.5) is 5.69 Å². The van der Waals surface area contributed by atoms with E-state index in [1.807, 2.05) is 0 Å². The van der Waals surface area contributed by atoms with Gasteiger partial charge in [-0.2, -0.15) is 0 Å². The van der Waals surface area contributed by atoms with Gasteiger partial charge in [-0.3, -0.25) is 9.59 Å². The predicted octanol–water partition coefficient (Wildman–Crippen LogP) is 4.65. The number of benzene rings is 2. The molecule has 124 valence electrons. The summed E-state index contributed by atoms with van der Waals surface area (Å²) in [6.07, 6.45) is 3.91. The van der Waals surface area contributed by atoms with Crippen LogP contribution in [0.25, 0.3) is 0 Å². The van der Waals surface area contributed by atoms with Crippen molar-refractivity contribution in [2.75, 3.05) is 5.32 Å². The zero-order chi connectivity index (χ0) is 17.2. The maximum absolute atomic E-state index is 13.1. The lowest BCUT2D eigenvalue weighted by molar-refractivity contribution is -0.121. The number of ketones is 1. The van der Waals surface area contributed by atoms with Crippen LogP contribution in [0.15, 0.2) is 48.5 Å². The number of carbonyl (C=O) groups is 2. The van der Waals surface area contributed by atoms with E-state index in [9.17, 15) is 9.59 Å². The highest BCUT2D eigenvalue weighted by atomic mass is 16.2. The van der Waals surface area contributed by atoms with Crippen LogP contribution in [0.1, 0.15) is 54.1 Å². The molecule has 0 saturated heterocycles. The number of rotatable bonds is 4. The van der Waals surface area contributed by atoms with Gasteiger partial charge < -0.3 is 5.32 Å². The summed E-state index contributed by atoms with van der Waals surface area (Å²) in [6, 6.07) is 15.4. The third kappa shape index (κ3) is 3.12. The molecule has 24 heavy (non-hydrogen) atoms. The smallest absolute Gasteiger partial charge is 0.235 e. The van der Waals surface area contributed by atoms with Crippen molar-refractivity contribution in [1.29, 1.82) is 0 Å². The monoisotopic (exact) mass is 321 g/mol. The number of aryl methyl sites for hydroxylation is 1. The highest BCUT2D eigenvalue weighted by Crippen LogP contribution is 2.42. The summed E-state index contributed by atoms with van der Waals surface area (Å²) < 4.78 is 0. The lowest BCUT2D eigenvalue weighted by Crippen LogP contribution is -2.38. The minimum absolute atomic E-state index is 0.0276.